The molecule has 0 unspecified atom stereocenters. The van der Waals surface area contributed by atoms with E-state index in [-0.39, 0.29) is 16.5 Å². The molecule has 4 aromatic carbocycles. The molecule has 0 aliphatic heterocycles. The minimum Gasteiger partial charge on any atom is -0.322 e. The molecule has 0 bridgehead atoms. The van der Waals surface area contributed by atoms with E-state index in [2.05, 4.69) is 42.1 Å². The van der Waals surface area contributed by atoms with Crippen LogP contribution in [0.25, 0.3) is 0 Å². The van der Waals surface area contributed by atoms with Crippen LogP contribution in [-0.4, -0.2) is 14.3 Å². The van der Waals surface area contributed by atoms with Crippen LogP contribution >= 0.6 is 23.4 Å². The molecule has 178 valence electrons. The maximum atomic E-state index is 12.7. The standard InChI is InChI=1S/C27H23ClN2O3S2/c1-18-7-8-19(2)26(17-18)34-22-13-11-21(12-14-22)29-27(31)20-9-15-23(16-10-20)35(32,33)30-25-6-4-3-5-24(25)28/h3-17,30H,1-2H3,(H,29,31). The van der Waals surface area contributed by atoms with Crippen molar-refractivity contribution in [3.8, 4) is 0 Å². The number of halogens is 1. The van der Waals surface area contributed by atoms with Gasteiger partial charge in [-0.05, 0) is 91.7 Å². The summed E-state index contributed by atoms with van der Waals surface area (Å²) in [6.45, 7) is 4.15. The Morgan fingerprint density at radius 3 is 2.23 bits per heavy atom. The highest BCUT2D eigenvalue weighted by atomic mass is 35.5. The third-order valence-electron chi connectivity index (χ3n) is 5.23. The molecule has 4 aromatic rings. The van der Waals surface area contributed by atoms with E-state index in [0.717, 1.165) is 4.90 Å². The second kappa shape index (κ2) is 10.6. The number of nitrogens with one attached hydrogen (secondary N) is 2. The molecule has 0 spiro atoms. The number of amides is 1. The first-order chi connectivity index (χ1) is 16.7. The van der Waals surface area contributed by atoms with Gasteiger partial charge >= 0.3 is 0 Å². The quantitative estimate of drug-likeness (QED) is 0.270. The molecule has 0 heterocycles. The minimum atomic E-state index is -3.84. The van der Waals surface area contributed by atoms with Crippen molar-refractivity contribution < 1.29 is 13.2 Å². The van der Waals surface area contributed by atoms with Crippen molar-refractivity contribution in [3.63, 3.8) is 0 Å². The molecular weight excluding hydrogens is 500 g/mol. The summed E-state index contributed by atoms with van der Waals surface area (Å²) in [4.78, 5) is 15.0. The van der Waals surface area contributed by atoms with E-state index in [1.807, 2.05) is 24.3 Å². The Labute approximate surface area is 214 Å². The van der Waals surface area contributed by atoms with Gasteiger partial charge in [0.15, 0.2) is 0 Å². The molecule has 35 heavy (non-hydrogen) atoms. The third-order valence-corrected chi connectivity index (χ3v) is 8.11. The Kier molecular flexibility index (Phi) is 7.50. The van der Waals surface area contributed by atoms with Gasteiger partial charge in [0.25, 0.3) is 15.9 Å². The van der Waals surface area contributed by atoms with Crippen molar-refractivity contribution in [3.05, 3.63) is 113 Å². The van der Waals surface area contributed by atoms with Gasteiger partial charge in [0, 0.05) is 21.0 Å². The molecule has 5 nitrogen and oxygen atoms in total. The van der Waals surface area contributed by atoms with Crippen LogP contribution in [0.2, 0.25) is 5.02 Å². The number of carbonyl (C=O) groups excluding carboxylic acids is 1. The van der Waals surface area contributed by atoms with Crippen LogP contribution in [0.5, 0.6) is 0 Å². The molecule has 8 heteroatoms. The van der Waals surface area contributed by atoms with Crippen LogP contribution in [-0.2, 0) is 10.0 Å². The molecule has 0 fully saturated rings. The zero-order valence-electron chi connectivity index (χ0n) is 19.1. The number of aryl methyl sites for hydroxylation is 2. The first-order valence-corrected chi connectivity index (χ1v) is 13.4. The predicted molar refractivity (Wildman–Crippen MR) is 143 cm³/mol. The summed E-state index contributed by atoms with van der Waals surface area (Å²) in [7, 11) is -3.84. The Balaban J connectivity index is 1.41. The van der Waals surface area contributed by atoms with Crippen LogP contribution in [0.1, 0.15) is 21.5 Å². The van der Waals surface area contributed by atoms with Gasteiger partial charge in [-0.25, -0.2) is 8.42 Å². The largest absolute Gasteiger partial charge is 0.322 e. The molecule has 0 aromatic heterocycles. The lowest BCUT2D eigenvalue weighted by molar-refractivity contribution is 0.102. The molecule has 1 amide bonds. The fourth-order valence-corrected chi connectivity index (χ4v) is 5.61. The Morgan fingerprint density at radius 2 is 1.54 bits per heavy atom. The second-order valence-electron chi connectivity index (χ2n) is 7.96. The highest BCUT2D eigenvalue weighted by molar-refractivity contribution is 7.99. The SMILES string of the molecule is Cc1ccc(C)c(Sc2ccc(NC(=O)c3ccc(S(=O)(=O)Nc4ccccc4Cl)cc3)cc2)c1. The first-order valence-electron chi connectivity index (χ1n) is 10.8. The van der Waals surface area contributed by atoms with Gasteiger partial charge in [0.2, 0.25) is 0 Å². The van der Waals surface area contributed by atoms with Crippen LogP contribution in [0, 0.1) is 13.8 Å². The monoisotopic (exact) mass is 522 g/mol. The maximum absolute atomic E-state index is 12.7. The maximum Gasteiger partial charge on any atom is 0.261 e. The topological polar surface area (TPSA) is 75.3 Å². The summed E-state index contributed by atoms with van der Waals surface area (Å²) in [5.74, 6) is -0.331. The van der Waals surface area contributed by atoms with Gasteiger partial charge in [-0.15, -0.1) is 0 Å². The molecule has 0 saturated carbocycles. The molecule has 0 saturated heterocycles. The first kappa shape index (κ1) is 24.9. The average Bonchev–Trinajstić information content (AvgIpc) is 2.84. The van der Waals surface area contributed by atoms with Crippen molar-refractivity contribution >= 4 is 50.7 Å². The molecule has 0 aliphatic carbocycles. The van der Waals surface area contributed by atoms with E-state index in [1.54, 1.807) is 36.0 Å². The van der Waals surface area contributed by atoms with Crippen molar-refractivity contribution in [2.75, 3.05) is 10.0 Å². The normalized spacial score (nSPS) is 11.2. The van der Waals surface area contributed by atoms with E-state index in [0.29, 0.717) is 16.3 Å². The number of sulfonamides is 1. The van der Waals surface area contributed by atoms with Gasteiger partial charge in [0.05, 0.1) is 15.6 Å². The fraction of sp³-hybridized carbons (Fsp3) is 0.0741. The van der Waals surface area contributed by atoms with Crippen LogP contribution in [0.15, 0.2) is 106 Å². The predicted octanol–water partition coefficient (Wildman–Crippen LogP) is 7.16. The van der Waals surface area contributed by atoms with Crippen molar-refractivity contribution in [2.45, 2.75) is 28.5 Å². The molecule has 4 rings (SSSR count). The Bertz CT molecular complexity index is 1470. The molecule has 2 N–H and O–H groups in total. The van der Waals surface area contributed by atoms with Crippen LogP contribution in [0.4, 0.5) is 11.4 Å². The van der Waals surface area contributed by atoms with E-state index >= 15 is 0 Å². The molecule has 0 radical (unpaired) electrons. The third kappa shape index (κ3) is 6.25. The zero-order valence-corrected chi connectivity index (χ0v) is 21.5. The van der Waals surface area contributed by atoms with Crippen LogP contribution < -0.4 is 10.0 Å². The summed E-state index contributed by atoms with van der Waals surface area (Å²) >= 11 is 7.72. The number of carbonyl (C=O) groups is 1. The number of para-hydroxylation sites is 1. The van der Waals surface area contributed by atoms with Gasteiger partial charge in [-0.2, -0.15) is 0 Å². The van der Waals surface area contributed by atoms with Crippen LogP contribution in [0.3, 0.4) is 0 Å². The highest BCUT2D eigenvalue weighted by Gasteiger charge is 2.16. The summed E-state index contributed by atoms with van der Waals surface area (Å²) in [6.07, 6.45) is 0. The lowest BCUT2D eigenvalue weighted by Crippen LogP contribution is -2.15. The average molecular weight is 523 g/mol. The van der Waals surface area contributed by atoms with Gasteiger partial charge < -0.3 is 5.32 Å². The van der Waals surface area contributed by atoms with Gasteiger partial charge in [-0.1, -0.05) is 47.6 Å². The van der Waals surface area contributed by atoms with E-state index in [1.165, 1.54) is 40.3 Å². The summed E-state index contributed by atoms with van der Waals surface area (Å²) in [5.41, 5.74) is 3.70. The lowest BCUT2D eigenvalue weighted by atomic mass is 10.2. The van der Waals surface area contributed by atoms with E-state index < -0.39 is 10.0 Å². The summed E-state index contributed by atoms with van der Waals surface area (Å²) < 4.78 is 27.8. The van der Waals surface area contributed by atoms with Gasteiger partial charge in [-0.3, -0.25) is 9.52 Å². The van der Waals surface area contributed by atoms with E-state index in [4.69, 9.17) is 11.6 Å². The Hall–Kier alpha value is -3.26. The lowest BCUT2D eigenvalue weighted by Gasteiger charge is -2.11. The Morgan fingerprint density at radius 1 is 0.857 bits per heavy atom. The number of hydrogen-bond donors (Lipinski definition) is 2. The minimum absolute atomic E-state index is 0.0294. The second-order valence-corrected chi connectivity index (χ2v) is 11.2. The highest BCUT2D eigenvalue weighted by Crippen LogP contribution is 2.31. The molecular formula is C27H23ClN2O3S2. The molecule has 0 atom stereocenters. The van der Waals surface area contributed by atoms with Gasteiger partial charge in [0.1, 0.15) is 0 Å². The zero-order chi connectivity index (χ0) is 25.0. The summed E-state index contributed by atoms with van der Waals surface area (Å²) in [6, 6.07) is 26.3. The number of hydrogen-bond acceptors (Lipinski definition) is 4. The van der Waals surface area contributed by atoms with Crippen molar-refractivity contribution in [1.29, 1.82) is 0 Å². The summed E-state index contributed by atoms with van der Waals surface area (Å²) in [5, 5.41) is 3.14. The molecule has 0 aliphatic rings. The number of rotatable bonds is 7. The number of anilines is 2. The smallest absolute Gasteiger partial charge is 0.261 e. The fourth-order valence-electron chi connectivity index (χ4n) is 3.29. The van der Waals surface area contributed by atoms with E-state index in [9.17, 15) is 13.2 Å². The van der Waals surface area contributed by atoms with Crippen molar-refractivity contribution in [2.24, 2.45) is 0 Å². The van der Waals surface area contributed by atoms with Crippen molar-refractivity contribution in [1.82, 2.24) is 0 Å². The number of benzene rings is 4.